The van der Waals surface area contributed by atoms with Crippen LogP contribution in [0.15, 0.2) is 24.5 Å². The first kappa shape index (κ1) is 13.3. The lowest BCUT2D eigenvalue weighted by atomic mass is 10.1. The van der Waals surface area contributed by atoms with Crippen LogP contribution >= 0.6 is 0 Å². The van der Waals surface area contributed by atoms with Crippen LogP contribution < -0.4 is 5.73 Å². The van der Waals surface area contributed by atoms with Crippen molar-refractivity contribution in [3.05, 3.63) is 35.9 Å². The van der Waals surface area contributed by atoms with Gasteiger partial charge in [-0.05, 0) is 18.2 Å². The second-order valence-corrected chi connectivity index (χ2v) is 4.22. The number of H-pyrrole nitrogens is 1. The fraction of sp³-hybridized carbons (Fsp3) is 0.0833. The zero-order valence-corrected chi connectivity index (χ0v) is 10.2. The highest BCUT2D eigenvalue weighted by Gasteiger charge is 2.34. The molecule has 0 atom stereocenters. The van der Waals surface area contributed by atoms with E-state index in [1.165, 1.54) is 12.4 Å². The smallest absolute Gasteiger partial charge is 0.368 e. The van der Waals surface area contributed by atoms with E-state index >= 15 is 0 Å². The lowest BCUT2D eigenvalue weighted by molar-refractivity contribution is -0.139. The number of halogens is 4. The van der Waals surface area contributed by atoms with Gasteiger partial charge in [0.05, 0.1) is 11.9 Å². The minimum Gasteiger partial charge on any atom is -0.368 e. The number of fused-ring (bicyclic) bond motifs is 1. The molecule has 5 nitrogen and oxygen atoms in total. The molecule has 0 spiro atoms. The maximum absolute atomic E-state index is 13.3. The molecule has 0 unspecified atom stereocenters. The fourth-order valence-electron chi connectivity index (χ4n) is 1.95. The Morgan fingerprint density at radius 1 is 1.14 bits per heavy atom. The molecule has 3 aromatic rings. The molecular formula is C12H7F4N5. The molecule has 0 saturated carbocycles. The molecule has 0 bridgehead atoms. The van der Waals surface area contributed by atoms with Gasteiger partial charge in [0.1, 0.15) is 17.0 Å². The lowest BCUT2D eigenvalue weighted by Gasteiger charge is -2.10. The van der Waals surface area contributed by atoms with Gasteiger partial charge in [-0.3, -0.25) is 0 Å². The highest BCUT2D eigenvalue weighted by molar-refractivity contribution is 5.87. The van der Waals surface area contributed by atoms with E-state index in [1.807, 2.05) is 0 Å². The second-order valence-electron chi connectivity index (χ2n) is 4.22. The molecule has 2 aromatic heterocycles. The number of aromatic nitrogens is 4. The SMILES string of the molecule is Nc1nc(-c2ccc(F)c(C(F)(F)F)c2)c2[nH]cnc2n1. The summed E-state index contributed by atoms with van der Waals surface area (Å²) in [4.78, 5) is 14.3. The van der Waals surface area contributed by atoms with Gasteiger partial charge >= 0.3 is 6.18 Å². The number of benzene rings is 1. The highest BCUT2D eigenvalue weighted by Crippen LogP contribution is 2.35. The predicted octanol–water partition coefficient (Wildman–Crippen LogP) is 2.76. The van der Waals surface area contributed by atoms with Crippen molar-refractivity contribution in [2.75, 3.05) is 5.73 Å². The summed E-state index contributed by atoms with van der Waals surface area (Å²) >= 11 is 0. The monoisotopic (exact) mass is 297 g/mol. The van der Waals surface area contributed by atoms with Gasteiger partial charge in [0.2, 0.25) is 5.95 Å². The first-order valence-corrected chi connectivity index (χ1v) is 5.70. The zero-order chi connectivity index (χ0) is 15.2. The van der Waals surface area contributed by atoms with Crippen LogP contribution in [0.1, 0.15) is 5.56 Å². The van der Waals surface area contributed by atoms with Crippen molar-refractivity contribution in [3.63, 3.8) is 0 Å². The number of alkyl halides is 3. The van der Waals surface area contributed by atoms with Crippen molar-refractivity contribution in [1.29, 1.82) is 0 Å². The average molecular weight is 297 g/mol. The topological polar surface area (TPSA) is 80.5 Å². The molecule has 0 aliphatic heterocycles. The average Bonchev–Trinajstić information content (AvgIpc) is 2.85. The molecule has 0 saturated heterocycles. The number of aromatic amines is 1. The number of hydrogen-bond acceptors (Lipinski definition) is 4. The summed E-state index contributed by atoms with van der Waals surface area (Å²) in [5.41, 5.74) is 4.86. The Bertz CT molecular complexity index is 824. The summed E-state index contributed by atoms with van der Waals surface area (Å²) in [7, 11) is 0. The Morgan fingerprint density at radius 2 is 1.90 bits per heavy atom. The maximum Gasteiger partial charge on any atom is 0.419 e. The van der Waals surface area contributed by atoms with Crippen molar-refractivity contribution in [2.24, 2.45) is 0 Å². The highest BCUT2D eigenvalue weighted by atomic mass is 19.4. The van der Waals surface area contributed by atoms with Gasteiger partial charge in [0, 0.05) is 5.56 Å². The Kier molecular flexibility index (Phi) is 2.78. The molecule has 108 valence electrons. The summed E-state index contributed by atoms with van der Waals surface area (Å²) in [5.74, 6) is -1.49. The zero-order valence-electron chi connectivity index (χ0n) is 10.2. The van der Waals surface area contributed by atoms with Gasteiger partial charge in [0.25, 0.3) is 0 Å². The van der Waals surface area contributed by atoms with Crippen molar-refractivity contribution in [1.82, 2.24) is 19.9 Å². The minimum atomic E-state index is -4.80. The summed E-state index contributed by atoms with van der Waals surface area (Å²) in [5, 5.41) is 0. The van der Waals surface area contributed by atoms with Crippen LogP contribution in [-0.4, -0.2) is 19.9 Å². The van der Waals surface area contributed by atoms with E-state index in [0.29, 0.717) is 11.6 Å². The van der Waals surface area contributed by atoms with E-state index in [-0.39, 0.29) is 22.9 Å². The molecule has 3 N–H and O–H groups in total. The van der Waals surface area contributed by atoms with E-state index < -0.39 is 17.6 Å². The summed E-state index contributed by atoms with van der Waals surface area (Å²) in [6, 6.07) is 2.60. The van der Waals surface area contributed by atoms with Crippen LogP contribution in [0.2, 0.25) is 0 Å². The first-order chi connectivity index (χ1) is 9.86. The van der Waals surface area contributed by atoms with E-state index in [9.17, 15) is 17.6 Å². The molecule has 0 amide bonds. The molecule has 9 heteroatoms. The third-order valence-corrected chi connectivity index (χ3v) is 2.85. The van der Waals surface area contributed by atoms with E-state index in [0.717, 1.165) is 6.07 Å². The third-order valence-electron chi connectivity index (χ3n) is 2.85. The number of imidazole rings is 1. The summed E-state index contributed by atoms with van der Waals surface area (Å²) < 4.78 is 51.6. The molecule has 0 radical (unpaired) electrons. The standard InChI is InChI=1S/C12H7F4N5/c13-7-2-1-5(3-6(7)12(14,15)16)8-9-10(19-4-18-9)21-11(17)20-8/h1-4H,(H3,17,18,19,20,21). The second kappa shape index (κ2) is 4.40. The summed E-state index contributed by atoms with van der Waals surface area (Å²) in [6.45, 7) is 0. The van der Waals surface area contributed by atoms with Crippen molar-refractivity contribution in [3.8, 4) is 11.3 Å². The molecule has 1 aromatic carbocycles. The fourth-order valence-corrected chi connectivity index (χ4v) is 1.95. The Hall–Kier alpha value is -2.71. The van der Waals surface area contributed by atoms with Gasteiger partial charge < -0.3 is 10.7 Å². The van der Waals surface area contributed by atoms with Crippen LogP contribution in [0.4, 0.5) is 23.5 Å². The third kappa shape index (κ3) is 2.26. The molecular weight excluding hydrogens is 290 g/mol. The number of anilines is 1. The van der Waals surface area contributed by atoms with Crippen molar-refractivity contribution < 1.29 is 17.6 Å². The molecule has 3 rings (SSSR count). The lowest BCUT2D eigenvalue weighted by Crippen LogP contribution is -2.08. The van der Waals surface area contributed by atoms with Crippen LogP contribution in [0, 0.1) is 5.82 Å². The van der Waals surface area contributed by atoms with Gasteiger partial charge in [0.15, 0.2) is 5.65 Å². The first-order valence-electron chi connectivity index (χ1n) is 5.70. The molecule has 21 heavy (non-hydrogen) atoms. The van der Waals surface area contributed by atoms with E-state index in [1.54, 1.807) is 0 Å². The predicted molar refractivity (Wildman–Crippen MR) is 66.5 cm³/mol. The van der Waals surface area contributed by atoms with Crippen LogP contribution in [0.5, 0.6) is 0 Å². The van der Waals surface area contributed by atoms with Gasteiger partial charge in [-0.25, -0.2) is 14.4 Å². The normalized spacial score (nSPS) is 12.0. The van der Waals surface area contributed by atoms with Crippen molar-refractivity contribution in [2.45, 2.75) is 6.18 Å². The number of nitrogen functional groups attached to an aromatic ring is 1. The van der Waals surface area contributed by atoms with Gasteiger partial charge in [-0.15, -0.1) is 0 Å². The molecule has 2 heterocycles. The molecule has 0 fully saturated rings. The molecule has 0 aliphatic rings. The van der Waals surface area contributed by atoms with Crippen LogP contribution in [0.25, 0.3) is 22.4 Å². The van der Waals surface area contributed by atoms with Crippen LogP contribution in [-0.2, 0) is 6.18 Å². The number of nitrogens with one attached hydrogen (secondary N) is 1. The van der Waals surface area contributed by atoms with Gasteiger partial charge in [-0.1, -0.05) is 0 Å². The largest absolute Gasteiger partial charge is 0.419 e. The number of nitrogens with two attached hydrogens (primary N) is 1. The van der Waals surface area contributed by atoms with Gasteiger partial charge in [-0.2, -0.15) is 18.2 Å². The Balaban J connectivity index is 2.26. The van der Waals surface area contributed by atoms with Crippen molar-refractivity contribution >= 4 is 17.1 Å². The minimum absolute atomic E-state index is 0.0621. The molecule has 0 aliphatic carbocycles. The van der Waals surface area contributed by atoms with E-state index in [4.69, 9.17) is 5.73 Å². The quantitative estimate of drug-likeness (QED) is 0.677. The number of nitrogens with zero attached hydrogens (tertiary/aromatic N) is 3. The Morgan fingerprint density at radius 3 is 2.62 bits per heavy atom. The van der Waals surface area contributed by atoms with Crippen LogP contribution in [0.3, 0.4) is 0 Å². The summed E-state index contributed by atoms with van der Waals surface area (Å²) in [6.07, 6.45) is -3.48. The number of rotatable bonds is 1. The van der Waals surface area contributed by atoms with E-state index in [2.05, 4.69) is 19.9 Å². The maximum atomic E-state index is 13.3. The number of hydrogen-bond donors (Lipinski definition) is 2. The Labute approximate surface area is 114 Å².